The highest BCUT2D eigenvalue weighted by atomic mass is 16.3. The molecule has 0 spiro atoms. The Labute approximate surface area is 126 Å². The topological polar surface area (TPSA) is 57.5 Å². The van der Waals surface area contributed by atoms with Crippen LogP contribution in [-0.4, -0.2) is 43.0 Å². The number of amides is 1. The minimum Gasteiger partial charge on any atom is -0.468 e. The number of rotatable bonds is 5. The fourth-order valence-corrected chi connectivity index (χ4v) is 3.44. The molecular weight excluding hydrogens is 266 g/mol. The molecule has 3 rings (SSSR count). The molecule has 2 fully saturated rings. The Bertz CT molecular complexity index is 454. The molecule has 2 saturated heterocycles. The fourth-order valence-electron chi connectivity index (χ4n) is 3.44. The van der Waals surface area contributed by atoms with Gasteiger partial charge in [0, 0.05) is 6.54 Å². The lowest BCUT2D eigenvalue weighted by Crippen LogP contribution is -2.46. The summed E-state index contributed by atoms with van der Waals surface area (Å²) in [5.74, 6) is 1.49. The van der Waals surface area contributed by atoms with E-state index in [0.717, 1.165) is 31.8 Å². The fraction of sp³-hybridized carbons (Fsp3) is 0.688. The van der Waals surface area contributed by atoms with Crippen LogP contribution in [0.3, 0.4) is 0 Å². The van der Waals surface area contributed by atoms with Crippen LogP contribution in [0.4, 0.5) is 0 Å². The van der Waals surface area contributed by atoms with Crippen molar-refractivity contribution in [1.82, 2.24) is 15.5 Å². The summed E-state index contributed by atoms with van der Waals surface area (Å²) in [6, 6.07) is 4.04. The Morgan fingerprint density at radius 3 is 2.95 bits per heavy atom. The summed E-state index contributed by atoms with van der Waals surface area (Å²) in [6.45, 7) is 5.86. The van der Waals surface area contributed by atoms with E-state index in [4.69, 9.17) is 4.42 Å². The minimum atomic E-state index is -0.0409. The molecule has 5 heteroatoms. The Hall–Kier alpha value is -1.33. The van der Waals surface area contributed by atoms with Gasteiger partial charge in [0.2, 0.25) is 5.91 Å². The molecule has 2 aliphatic rings. The predicted octanol–water partition coefficient (Wildman–Crippen LogP) is 1.53. The SMILES string of the molecule is CC1CCNC1C(=O)NCC(c1ccco1)N1CCCC1. The van der Waals surface area contributed by atoms with Gasteiger partial charge in [-0.15, -0.1) is 0 Å². The van der Waals surface area contributed by atoms with Crippen LogP contribution in [0.15, 0.2) is 22.8 Å². The van der Waals surface area contributed by atoms with E-state index < -0.39 is 0 Å². The van der Waals surface area contributed by atoms with E-state index in [1.54, 1.807) is 6.26 Å². The van der Waals surface area contributed by atoms with Gasteiger partial charge in [-0.25, -0.2) is 0 Å². The highest BCUT2D eigenvalue weighted by Crippen LogP contribution is 2.25. The molecule has 21 heavy (non-hydrogen) atoms. The number of furan rings is 1. The van der Waals surface area contributed by atoms with E-state index in [2.05, 4.69) is 22.5 Å². The number of likely N-dealkylation sites (tertiary alicyclic amines) is 1. The minimum absolute atomic E-state index is 0.0409. The second-order valence-electron chi connectivity index (χ2n) is 6.22. The lowest BCUT2D eigenvalue weighted by Gasteiger charge is -2.27. The summed E-state index contributed by atoms with van der Waals surface area (Å²) in [5.41, 5.74) is 0. The first kappa shape index (κ1) is 14.6. The maximum absolute atomic E-state index is 12.3. The molecule has 3 unspecified atom stereocenters. The predicted molar refractivity (Wildman–Crippen MR) is 80.8 cm³/mol. The molecule has 5 nitrogen and oxygen atoms in total. The van der Waals surface area contributed by atoms with Crippen molar-refractivity contribution in [3.05, 3.63) is 24.2 Å². The molecular formula is C16H25N3O2. The number of carbonyl (C=O) groups excluding carboxylic acids is 1. The molecule has 2 N–H and O–H groups in total. The van der Waals surface area contributed by atoms with Crippen LogP contribution in [0.25, 0.3) is 0 Å². The molecule has 1 aromatic heterocycles. The van der Waals surface area contributed by atoms with Crippen molar-refractivity contribution in [2.45, 2.75) is 38.3 Å². The number of hydrogen-bond acceptors (Lipinski definition) is 4. The zero-order chi connectivity index (χ0) is 14.7. The van der Waals surface area contributed by atoms with Gasteiger partial charge in [0.15, 0.2) is 0 Å². The standard InChI is InChI=1S/C16H25N3O2/c1-12-6-7-17-15(12)16(20)18-11-13(14-5-4-10-21-14)19-8-2-3-9-19/h4-5,10,12-13,15,17H,2-3,6-9,11H2,1H3,(H,18,20). The monoisotopic (exact) mass is 291 g/mol. The number of nitrogens with zero attached hydrogens (tertiary/aromatic N) is 1. The summed E-state index contributed by atoms with van der Waals surface area (Å²) < 4.78 is 5.58. The van der Waals surface area contributed by atoms with E-state index in [1.165, 1.54) is 12.8 Å². The molecule has 2 aliphatic heterocycles. The van der Waals surface area contributed by atoms with Gasteiger partial charge < -0.3 is 15.1 Å². The van der Waals surface area contributed by atoms with Crippen molar-refractivity contribution in [3.8, 4) is 0 Å². The summed E-state index contributed by atoms with van der Waals surface area (Å²) in [4.78, 5) is 14.7. The van der Waals surface area contributed by atoms with Gasteiger partial charge >= 0.3 is 0 Å². The van der Waals surface area contributed by atoms with E-state index in [1.807, 2.05) is 12.1 Å². The van der Waals surface area contributed by atoms with Gasteiger partial charge in [-0.3, -0.25) is 9.69 Å². The molecule has 0 saturated carbocycles. The maximum Gasteiger partial charge on any atom is 0.237 e. The lowest BCUT2D eigenvalue weighted by atomic mass is 10.0. The molecule has 116 valence electrons. The van der Waals surface area contributed by atoms with Gasteiger partial charge in [0.25, 0.3) is 0 Å². The summed E-state index contributed by atoms with van der Waals surface area (Å²) in [5, 5.41) is 6.40. The highest BCUT2D eigenvalue weighted by Gasteiger charge is 2.31. The van der Waals surface area contributed by atoms with Crippen molar-refractivity contribution >= 4 is 5.91 Å². The van der Waals surface area contributed by atoms with Crippen LogP contribution < -0.4 is 10.6 Å². The molecule has 1 amide bonds. The van der Waals surface area contributed by atoms with Crippen LogP contribution in [0.1, 0.15) is 38.0 Å². The second kappa shape index (κ2) is 6.62. The third-order valence-corrected chi connectivity index (χ3v) is 4.74. The van der Waals surface area contributed by atoms with Crippen LogP contribution in [0, 0.1) is 5.92 Å². The zero-order valence-corrected chi connectivity index (χ0v) is 12.7. The average molecular weight is 291 g/mol. The van der Waals surface area contributed by atoms with Gasteiger partial charge in [0.05, 0.1) is 18.3 Å². The van der Waals surface area contributed by atoms with Crippen molar-refractivity contribution in [2.75, 3.05) is 26.2 Å². The van der Waals surface area contributed by atoms with Crippen LogP contribution in [0.2, 0.25) is 0 Å². The zero-order valence-electron chi connectivity index (χ0n) is 12.7. The van der Waals surface area contributed by atoms with Crippen LogP contribution in [-0.2, 0) is 4.79 Å². The number of nitrogens with one attached hydrogen (secondary N) is 2. The quantitative estimate of drug-likeness (QED) is 0.864. The third kappa shape index (κ3) is 3.30. The maximum atomic E-state index is 12.3. The van der Waals surface area contributed by atoms with Crippen molar-refractivity contribution in [1.29, 1.82) is 0 Å². The summed E-state index contributed by atoms with van der Waals surface area (Å²) in [6.07, 6.45) is 5.24. The molecule has 0 bridgehead atoms. The highest BCUT2D eigenvalue weighted by molar-refractivity contribution is 5.82. The Morgan fingerprint density at radius 1 is 1.52 bits per heavy atom. The first-order valence-corrected chi connectivity index (χ1v) is 8.04. The molecule has 1 aromatic rings. The number of hydrogen-bond donors (Lipinski definition) is 2. The van der Waals surface area contributed by atoms with E-state index in [-0.39, 0.29) is 18.0 Å². The van der Waals surface area contributed by atoms with Gasteiger partial charge in [-0.2, -0.15) is 0 Å². The van der Waals surface area contributed by atoms with Crippen molar-refractivity contribution in [3.63, 3.8) is 0 Å². The molecule has 0 aliphatic carbocycles. The Balaban J connectivity index is 1.60. The normalized spacial score (nSPS) is 27.9. The number of carbonyl (C=O) groups is 1. The van der Waals surface area contributed by atoms with Gasteiger partial charge in [-0.05, 0) is 56.9 Å². The van der Waals surface area contributed by atoms with E-state index in [0.29, 0.717) is 12.5 Å². The van der Waals surface area contributed by atoms with Crippen molar-refractivity contribution < 1.29 is 9.21 Å². The molecule has 3 atom stereocenters. The van der Waals surface area contributed by atoms with E-state index in [9.17, 15) is 4.79 Å². The second-order valence-corrected chi connectivity index (χ2v) is 6.22. The largest absolute Gasteiger partial charge is 0.468 e. The average Bonchev–Trinajstić information content (AvgIpc) is 3.21. The first-order valence-electron chi connectivity index (χ1n) is 8.04. The Morgan fingerprint density at radius 2 is 2.33 bits per heavy atom. The van der Waals surface area contributed by atoms with Crippen molar-refractivity contribution in [2.24, 2.45) is 5.92 Å². The van der Waals surface area contributed by atoms with Crippen LogP contribution >= 0.6 is 0 Å². The molecule has 0 radical (unpaired) electrons. The Kier molecular flexibility index (Phi) is 4.60. The van der Waals surface area contributed by atoms with Gasteiger partial charge in [-0.1, -0.05) is 6.92 Å². The first-order chi connectivity index (χ1) is 10.3. The molecule has 3 heterocycles. The lowest BCUT2D eigenvalue weighted by molar-refractivity contribution is -0.123. The van der Waals surface area contributed by atoms with E-state index >= 15 is 0 Å². The van der Waals surface area contributed by atoms with Gasteiger partial charge in [0.1, 0.15) is 5.76 Å². The summed E-state index contributed by atoms with van der Waals surface area (Å²) in [7, 11) is 0. The smallest absolute Gasteiger partial charge is 0.237 e. The molecule has 0 aromatic carbocycles. The summed E-state index contributed by atoms with van der Waals surface area (Å²) >= 11 is 0. The third-order valence-electron chi connectivity index (χ3n) is 4.74. The van der Waals surface area contributed by atoms with Crippen LogP contribution in [0.5, 0.6) is 0 Å².